The molecule has 1 aromatic heterocycles. The van der Waals surface area contributed by atoms with Gasteiger partial charge in [-0.1, -0.05) is 25.1 Å². The third-order valence-corrected chi connectivity index (χ3v) is 4.61. The molecule has 0 aliphatic heterocycles. The summed E-state index contributed by atoms with van der Waals surface area (Å²) in [7, 11) is 0. The Labute approximate surface area is 134 Å². The Kier molecular flexibility index (Phi) is 5.59. The van der Waals surface area contributed by atoms with Gasteiger partial charge in [0.2, 0.25) is 0 Å². The monoisotopic (exact) mass is 329 g/mol. The summed E-state index contributed by atoms with van der Waals surface area (Å²) in [6, 6.07) is 6.62. The molecule has 0 bridgehead atoms. The summed E-state index contributed by atoms with van der Waals surface area (Å²) in [6.45, 7) is 2.84. The second kappa shape index (κ2) is 7.23. The predicted octanol–water partition coefficient (Wildman–Crippen LogP) is 3.79. The van der Waals surface area contributed by atoms with Crippen molar-refractivity contribution in [2.45, 2.75) is 31.7 Å². The van der Waals surface area contributed by atoms with Gasteiger partial charge in [-0.05, 0) is 18.1 Å². The van der Waals surface area contributed by atoms with Crippen LogP contribution >= 0.6 is 23.2 Å². The van der Waals surface area contributed by atoms with Gasteiger partial charge < -0.3 is 0 Å². The molecule has 0 saturated heterocycles. The summed E-state index contributed by atoms with van der Waals surface area (Å²) >= 11 is 12.3. The molecule has 21 heavy (non-hydrogen) atoms. The fraction of sp³-hybridized carbons (Fsp3) is 0.467. The van der Waals surface area contributed by atoms with E-state index >= 15 is 0 Å². The summed E-state index contributed by atoms with van der Waals surface area (Å²) in [5, 5.41) is 4.20. The Morgan fingerprint density at radius 2 is 1.95 bits per heavy atom. The number of rotatable bonds is 7. The zero-order valence-electron chi connectivity index (χ0n) is 11.9. The second-order valence-electron chi connectivity index (χ2n) is 5.10. The van der Waals surface area contributed by atoms with Crippen LogP contribution in [0.1, 0.15) is 24.7 Å². The predicted molar refractivity (Wildman–Crippen MR) is 83.5 cm³/mol. The number of benzene rings is 1. The van der Waals surface area contributed by atoms with Gasteiger partial charge in [-0.25, -0.2) is 9.37 Å². The van der Waals surface area contributed by atoms with Crippen molar-refractivity contribution < 1.29 is 4.39 Å². The van der Waals surface area contributed by atoms with Gasteiger partial charge in [0.05, 0.1) is 0 Å². The van der Waals surface area contributed by atoms with Crippen LogP contribution in [0.25, 0.3) is 0 Å². The Balaban J connectivity index is 2.39. The van der Waals surface area contributed by atoms with E-state index < -0.39 is 5.41 Å². The lowest BCUT2D eigenvalue weighted by atomic mass is 9.80. The van der Waals surface area contributed by atoms with Crippen molar-refractivity contribution in [1.29, 1.82) is 0 Å². The van der Waals surface area contributed by atoms with E-state index in [1.807, 2.05) is 4.68 Å². The lowest BCUT2D eigenvalue weighted by Gasteiger charge is -2.30. The van der Waals surface area contributed by atoms with Crippen LogP contribution in [0, 0.1) is 5.82 Å². The maximum absolute atomic E-state index is 14.2. The number of aryl methyl sites for hydroxylation is 1. The number of aromatic nitrogens is 3. The fourth-order valence-electron chi connectivity index (χ4n) is 2.39. The van der Waals surface area contributed by atoms with Crippen molar-refractivity contribution in [3.63, 3.8) is 0 Å². The zero-order chi connectivity index (χ0) is 15.3. The first-order chi connectivity index (χ1) is 10.2. The molecule has 0 spiro atoms. The molecule has 1 aromatic carbocycles. The van der Waals surface area contributed by atoms with Gasteiger partial charge in [0.1, 0.15) is 18.0 Å². The first-order valence-electron chi connectivity index (χ1n) is 6.90. The molecule has 0 fully saturated rings. The first-order valence-corrected chi connectivity index (χ1v) is 7.97. The molecule has 0 atom stereocenters. The van der Waals surface area contributed by atoms with E-state index in [1.165, 1.54) is 12.4 Å². The molecule has 0 N–H and O–H groups in total. The van der Waals surface area contributed by atoms with Crippen molar-refractivity contribution in [3.8, 4) is 0 Å². The van der Waals surface area contributed by atoms with E-state index in [2.05, 4.69) is 17.0 Å². The van der Waals surface area contributed by atoms with Crippen molar-refractivity contribution in [1.82, 2.24) is 14.8 Å². The van der Waals surface area contributed by atoms with Crippen LogP contribution < -0.4 is 0 Å². The summed E-state index contributed by atoms with van der Waals surface area (Å²) in [5.41, 5.74) is -0.159. The van der Waals surface area contributed by atoms with E-state index in [0.29, 0.717) is 12.0 Å². The Bertz CT molecular complexity index is 582. The second-order valence-corrected chi connectivity index (χ2v) is 5.64. The fourth-order valence-corrected chi connectivity index (χ4v) is 3.15. The van der Waals surface area contributed by atoms with Crippen molar-refractivity contribution in [2.75, 3.05) is 11.8 Å². The van der Waals surface area contributed by atoms with Crippen molar-refractivity contribution in [3.05, 3.63) is 47.8 Å². The Hall–Kier alpha value is -1.13. The van der Waals surface area contributed by atoms with Gasteiger partial charge >= 0.3 is 0 Å². The summed E-state index contributed by atoms with van der Waals surface area (Å²) in [5.74, 6) is 0.925. The third-order valence-electron chi connectivity index (χ3n) is 3.58. The molecule has 6 heteroatoms. The lowest BCUT2D eigenvalue weighted by Crippen LogP contribution is -2.35. The third kappa shape index (κ3) is 3.38. The topological polar surface area (TPSA) is 30.7 Å². The van der Waals surface area contributed by atoms with E-state index in [9.17, 15) is 4.39 Å². The molecular weight excluding hydrogens is 312 g/mol. The number of nitrogens with zero attached hydrogens (tertiary/aromatic N) is 3. The number of alkyl halides is 2. The lowest BCUT2D eigenvalue weighted by molar-refractivity contribution is 0.457. The van der Waals surface area contributed by atoms with Crippen LogP contribution in [0.2, 0.25) is 0 Å². The van der Waals surface area contributed by atoms with Crippen LogP contribution in [0.4, 0.5) is 4.39 Å². The van der Waals surface area contributed by atoms with E-state index in [1.54, 1.807) is 18.2 Å². The van der Waals surface area contributed by atoms with Crippen LogP contribution in [0.5, 0.6) is 0 Å². The maximum Gasteiger partial charge on any atom is 0.138 e. The van der Waals surface area contributed by atoms with Gasteiger partial charge in [-0.3, -0.25) is 4.68 Å². The highest BCUT2D eigenvalue weighted by molar-refractivity contribution is 6.22. The van der Waals surface area contributed by atoms with Crippen LogP contribution in [0.15, 0.2) is 30.6 Å². The smallest absolute Gasteiger partial charge is 0.138 e. The minimum Gasteiger partial charge on any atom is -0.250 e. The van der Waals surface area contributed by atoms with Crippen molar-refractivity contribution in [2.24, 2.45) is 0 Å². The Morgan fingerprint density at radius 3 is 2.57 bits per heavy atom. The zero-order valence-corrected chi connectivity index (χ0v) is 13.4. The van der Waals surface area contributed by atoms with Crippen LogP contribution in [-0.2, 0) is 18.4 Å². The summed E-state index contributed by atoms with van der Waals surface area (Å²) < 4.78 is 16.0. The highest BCUT2D eigenvalue weighted by Gasteiger charge is 2.35. The summed E-state index contributed by atoms with van der Waals surface area (Å²) in [4.78, 5) is 4.28. The molecule has 2 aromatic rings. The average molecular weight is 330 g/mol. The minimum atomic E-state index is -0.688. The molecule has 1 heterocycles. The molecule has 2 rings (SSSR count). The molecule has 114 valence electrons. The normalized spacial score (nSPS) is 11.8. The Morgan fingerprint density at radius 1 is 1.24 bits per heavy atom. The molecule has 0 aliphatic rings. The van der Waals surface area contributed by atoms with E-state index in [-0.39, 0.29) is 17.6 Å². The van der Waals surface area contributed by atoms with Crippen LogP contribution in [-0.4, -0.2) is 26.5 Å². The minimum absolute atomic E-state index is 0.219. The summed E-state index contributed by atoms with van der Waals surface area (Å²) in [6.07, 6.45) is 2.92. The largest absolute Gasteiger partial charge is 0.250 e. The number of hydrogen-bond acceptors (Lipinski definition) is 2. The van der Waals surface area contributed by atoms with E-state index in [4.69, 9.17) is 23.2 Å². The standard InChI is InChI=1S/C15H18Cl2FN3/c1-2-7-21-14(19-11-20-21)8-15(9-16,10-17)12-5-3-4-6-13(12)18/h3-6,11H,2,7-10H2,1H3. The highest BCUT2D eigenvalue weighted by atomic mass is 35.5. The molecule has 0 radical (unpaired) electrons. The van der Waals surface area contributed by atoms with Gasteiger partial charge in [0.25, 0.3) is 0 Å². The van der Waals surface area contributed by atoms with Gasteiger partial charge in [0, 0.05) is 30.1 Å². The molecule has 0 amide bonds. The number of hydrogen-bond donors (Lipinski definition) is 0. The van der Waals surface area contributed by atoms with Gasteiger partial charge in [0.15, 0.2) is 0 Å². The first kappa shape index (κ1) is 16.2. The SMILES string of the molecule is CCCn1ncnc1CC(CCl)(CCl)c1ccccc1F. The average Bonchev–Trinajstić information content (AvgIpc) is 2.93. The molecule has 0 aliphatic carbocycles. The quantitative estimate of drug-likeness (QED) is 0.723. The molecule has 0 unspecified atom stereocenters. The molecule has 0 saturated carbocycles. The maximum atomic E-state index is 14.2. The van der Waals surface area contributed by atoms with Crippen LogP contribution in [0.3, 0.4) is 0 Å². The number of halogens is 3. The van der Waals surface area contributed by atoms with E-state index in [0.717, 1.165) is 18.8 Å². The molecule has 3 nitrogen and oxygen atoms in total. The van der Waals surface area contributed by atoms with Gasteiger partial charge in [-0.2, -0.15) is 5.10 Å². The van der Waals surface area contributed by atoms with Crippen molar-refractivity contribution >= 4 is 23.2 Å². The molecular formula is C15H18Cl2FN3. The van der Waals surface area contributed by atoms with Gasteiger partial charge in [-0.15, -0.1) is 23.2 Å². The highest BCUT2D eigenvalue weighted by Crippen LogP contribution is 2.33.